The van der Waals surface area contributed by atoms with E-state index < -0.39 is 23.8 Å². The molecule has 3 heteroatoms. The van der Waals surface area contributed by atoms with E-state index in [1.807, 2.05) is 0 Å². The minimum atomic E-state index is -1.05. The van der Waals surface area contributed by atoms with E-state index in [0.717, 1.165) is 13.1 Å². The zero-order chi connectivity index (χ0) is 21.5. The number of benzene rings is 4. The van der Waals surface area contributed by atoms with Crippen LogP contribution in [0.2, 0.25) is 0 Å². The fourth-order valence-corrected chi connectivity index (χ4v) is 9.17. The number of fused-ring (bicyclic) bond motifs is 8. The van der Waals surface area contributed by atoms with Gasteiger partial charge in [0.05, 0.1) is 0 Å². The zero-order valence-corrected chi connectivity index (χ0v) is 20.5. The molecular formula is C30H20N2Zr. The molecule has 0 atom stereocenters. The molecule has 0 N–H and O–H groups in total. The molecule has 2 aliphatic carbocycles. The van der Waals surface area contributed by atoms with Gasteiger partial charge in [-0.15, -0.1) is 0 Å². The standard InChI is InChI=1S/2C15H10N.Zr/c2*1-2-4-12-11(3-1)9-14-13(12)6-5-10-7-8-16-15(10)14;/h2*1-7,9H,8H2;/q2*-1;+2. The molecule has 4 aromatic rings. The summed E-state index contributed by atoms with van der Waals surface area (Å²) in [6.07, 6.45) is 9.65. The van der Waals surface area contributed by atoms with Gasteiger partial charge in [-0.25, -0.2) is 0 Å². The maximum atomic E-state index is 2.73. The molecule has 4 aromatic carbocycles. The van der Waals surface area contributed by atoms with Crippen molar-refractivity contribution in [1.82, 2.24) is 0 Å². The molecule has 2 nitrogen and oxygen atoms in total. The quantitative estimate of drug-likeness (QED) is 0.361. The summed E-state index contributed by atoms with van der Waals surface area (Å²) in [6, 6.07) is 26.9. The fraction of sp³-hybridized carbons (Fsp3) is 0.0667. The SMILES string of the molecule is C1=c2ccc3c(c2[N]([Zr][N]2CC=c4ccc5c(c42)C=c2ccccc2=5)C1)C=c1ccccc1=3. The zero-order valence-electron chi connectivity index (χ0n) is 18.0. The molecule has 0 fully saturated rings. The Bertz CT molecular complexity index is 1830. The number of hydrogen-bond acceptors (Lipinski definition) is 2. The second-order valence-corrected chi connectivity index (χ2v) is 12.3. The van der Waals surface area contributed by atoms with Crippen molar-refractivity contribution in [1.29, 1.82) is 0 Å². The van der Waals surface area contributed by atoms with Crippen molar-refractivity contribution >= 4 is 35.7 Å². The summed E-state index contributed by atoms with van der Waals surface area (Å²) in [5.41, 5.74) is 5.76. The van der Waals surface area contributed by atoms with Crippen molar-refractivity contribution in [3.63, 3.8) is 0 Å². The summed E-state index contributed by atoms with van der Waals surface area (Å²) in [4.78, 5) is 0. The Labute approximate surface area is 203 Å². The van der Waals surface area contributed by atoms with E-state index in [4.69, 9.17) is 0 Å². The Balaban J connectivity index is 1.26. The molecule has 0 amide bonds. The third-order valence-corrected chi connectivity index (χ3v) is 10.6. The monoisotopic (exact) mass is 498 g/mol. The Kier molecular flexibility index (Phi) is 3.70. The molecule has 2 aliphatic heterocycles. The van der Waals surface area contributed by atoms with Crippen molar-refractivity contribution in [2.24, 2.45) is 0 Å². The number of hydrogen-bond donors (Lipinski definition) is 0. The molecule has 0 aromatic heterocycles. The van der Waals surface area contributed by atoms with Gasteiger partial charge < -0.3 is 0 Å². The molecule has 4 aliphatic rings. The molecule has 0 radical (unpaired) electrons. The Morgan fingerprint density at radius 2 is 0.970 bits per heavy atom. The average Bonchev–Trinajstić information content (AvgIpc) is 3.61. The van der Waals surface area contributed by atoms with Crippen LogP contribution in [0.25, 0.3) is 24.3 Å². The summed E-state index contributed by atoms with van der Waals surface area (Å²) < 4.78 is 5.45. The van der Waals surface area contributed by atoms with Crippen molar-refractivity contribution in [2.45, 2.75) is 0 Å². The van der Waals surface area contributed by atoms with E-state index >= 15 is 0 Å². The van der Waals surface area contributed by atoms with Gasteiger partial charge in [0, 0.05) is 0 Å². The van der Waals surface area contributed by atoms with Gasteiger partial charge in [0.25, 0.3) is 0 Å². The van der Waals surface area contributed by atoms with E-state index in [1.54, 1.807) is 0 Å². The molecule has 0 unspecified atom stereocenters. The van der Waals surface area contributed by atoms with Crippen LogP contribution in [0.5, 0.6) is 0 Å². The van der Waals surface area contributed by atoms with Gasteiger partial charge in [0.1, 0.15) is 0 Å². The van der Waals surface area contributed by atoms with Gasteiger partial charge in [-0.05, 0) is 0 Å². The minimum absolute atomic E-state index is 1.03. The van der Waals surface area contributed by atoms with Gasteiger partial charge >= 0.3 is 204 Å². The first kappa shape index (κ1) is 18.3. The van der Waals surface area contributed by atoms with Gasteiger partial charge in [0.15, 0.2) is 0 Å². The molecule has 33 heavy (non-hydrogen) atoms. The van der Waals surface area contributed by atoms with Crippen molar-refractivity contribution in [2.75, 3.05) is 18.8 Å². The fourth-order valence-electron chi connectivity index (χ4n) is 5.88. The van der Waals surface area contributed by atoms with E-state index in [0.29, 0.717) is 0 Å². The van der Waals surface area contributed by atoms with Crippen molar-refractivity contribution in [3.8, 4) is 0 Å². The van der Waals surface area contributed by atoms with E-state index in [9.17, 15) is 0 Å². The normalized spacial score (nSPS) is 15.3. The molecule has 0 saturated heterocycles. The van der Waals surface area contributed by atoms with Crippen LogP contribution in [0.1, 0.15) is 11.1 Å². The van der Waals surface area contributed by atoms with Crippen LogP contribution in [0.15, 0.2) is 72.8 Å². The van der Waals surface area contributed by atoms with Crippen molar-refractivity contribution in [3.05, 3.63) is 126 Å². The molecule has 154 valence electrons. The van der Waals surface area contributed by atoms with Crippen LogP contribution < -0.4 is 26.6 Å². The third-order valence-electron chi connectivity index (χ3n) is 7.37. The third kappa shape index (κ3) is 2.52. The first-order chi connectivity index (χ1) is 16.3. The van der Waals surface area contributed by atoms with Crippen LogP contribution in [-0.4, -0.2) is 13.1 Å². The summed E-state index contributed by atoms with van der Waals surface area (Å²) in [7, 11) is 0. The topological polar surface area (TPSA) is 6.48 Å². The van der Waals surface area contributed by atoms with Crippen LogP contribution in [-0.2, 0) is 23.8 Å². The Morgan fingerprint density at radius 1 is 0.485 bits per heavy atom. The number of nitrogens with zero attached hydrogens (tertiary/aromatic N) is 2. The van der Waals surface area contributed by atoms with Gasteiger partial charge in [-0.2, -0.15) is 0 Å². The summed E-state index contributed by atoms with van der Waals surface area (Å²) in [5.74, 6) is 0. The predicted octanol–water partition coefficient (Wildman–Crippen LogP) is 2.36. The predicted molar refractivity (Wildman–Crippen MR) is 130 cm³/mol. The van der Waals surface area contributed by atoms with Crippen LogP contribution in [0.3, 0.4) is 0 Å². The Hall–Kier alpha value is -3.16. The molecule has 0 bridgehead atoms. The summed E-state index contributed by atoms with van der Waals surface area (Å²) in [6.45, 7) is 2.07. The van der Waals surface area contributed by atoms with E-state index in [1.165, 1.54) is 64.3 Å². The second kappa shape index (κ2) is 6.68. The molecule has 0 spiro atoms. The number of anilines is 2. The van der Waals surface area contributed by atoms with Crippen molar-refractivity contribution < 1.29 is 23.8 Å². The van der Waals surface area contributed by atoms with Crippen LogP contribution in [0.4, 0.5) is 11.4 Å². The van der Waals surface area contributed by atoms with Gasteiger partial charge in [0.2, 0.25) is 0 Å². The molecule has 8 rings (SSSR count). The molecule has 2 heterocycles. The van der Waals surface area contributed by atoms with Crippen LogP contribution >= 0.6 is 0 Å². The van der Waals surface area contributed by atoms with Crippen LogP contribution in [0, 0.1) is 20.9 Å². The summed E-state index contributed by atoms with van der Waals surface area (Å²) in [5, 5.41) is 11.0. The van der Waals surface area contributed by atoms with E-state index in [2.05, 4.69) is 103 Å². The van der Waals surface area contributed by atoms with E-state index in [-0.39, 0.29) is 0 Å². The molecule has 0 saturated carbocycles. The van der Waals surface area contributed by atoms with Gasteiger partial charge in [-0.1, -0.05) is 0 Å². The second-order valence-electron chi connectivity index (χ2n) is 9.12. The maximum absolute atomic E-state index is 2.73. The first-order valence-electron chi connectivity index (χ1n) is 11.6. The summed E-state index contributed by atoms with van der Waals surface area (Å²) >= 11 is -1.05. The molecular weight excluding hydrogens is 480 g/mol. The number of rotatable bonds is 2. The Morgan fingerprint density at radius 3 is 1.48 bits per heavy atom. The first-order valence-corrected chi connectivity index (χ1v) is 13.8. The average molecular weight is 500 g/mol. The van der Waals surface area contributed by atoms with Gasteiger partial charge in [-0.3, -0.25) is 0 Å².